The van der Waals surface area contributed by atoms with Crippen LogP contribution < -0.4 is 9.47 Å². The van der Waals surface area contributed by atoms with Crippen LogP contribution in [-0.2, 0) is 13.0 Å². The van der Waals surface area contributed by atoms with Crippen molar-refractivity contribution in [1.82, 2.24) is 0 Å². The van der Waals surface area contributed by atoms with Crippen molar-refractivity contribution in [3.05, 3.63) is 59.2 Å². The normalized spacial score (nSPS) is 31.9. The second kappa shape index (κ2) is 8.74. The first kappa shape index (κ1) is 21.8. The Labute approximate surface area is 193 Å². The lowest BCUT2D eigenvalue weighted by Crippen LogP contribution is -2.42. The van der Waals surface area contributed by atoms with Crippen LogP contribution in [0.5, 0.6) is 11.5 Å². The first-order valence-electron chi connectivity index (χ1n) is 12.5. The van der Waals surface area contributed by atoms with Crippen LogP contribution in [0.15, 0.2) is 42.5 Å². The van der Waals surface area contributed by atoms with Crippen LogP contribution in [0.4, 0.5) is 0 Å². The lowest BCUT2D eigenvalue weighted by molar-refractivity contribution is 0.0121. The van der Waals surface area contributed by atoms with E-state index in [-0.39, 0.29) is 6.10 Å². The summed E-state index contributed by atoms with van der Waals surface area (Å²) in [6, 6.07) is 14.9. The zero-order valence-corrected chi connectivity index (χ0v) is 19.8. The van der Waals surface area contributed by atoms with Gasteiger partial charge in [0.25, 0.3) is 0 Å². The Morgan fingerprint density at radius 1 is 1.06 bits per heavy atom. The molecular formula is C29H38O3. The Morgan fingerprint density at radius 2 is 1.88 bits per heavy atom. The molecule has 0 heterocycles. The molecule has 0 radical (unpaired) electrons. The molecule has 3 aliphatic carbocycles. The topological polar surface area (TPSA) is 38.7 Å². The number of aliphatic hydroxyl groups is 1. The zero-order valence-electron chi connectivity index (χ0n) is 19.8. The number of benzene rings is 2. The molecule has 3 nitrogen and oxygen atoms in total. The van der Waals surface area contributed by atoms with E-state index in [0.717, 1.165) is 36.2 Å². The van der Waals surface area contributed by atoms with Gasteiger partial charge in [0.2, 0.25) is 0 Å². The van der Waals surface area contributed by atoms with Gasteiger partial charge in [-0.1, -0.05) is 37.3 Å². The summed E-state index contributed by atoms with van der Waals surface area (Å²) in [5, 5.41) is 10.1. The molecule has 0 spiro atoms. The number of rotatable bonds is 6. The Kier molecular flexibility index (Phi) is 5.96. The first-order chi connectivity index (χ1) is 15.5. The standard InChI is InChI=1S/C29H38O3/c1-19(30)15-22-10-12-26-24-11-9-21-16-28(32-18-20-7-5-4-6-8-20)27(31-3)17-25(21)23(24)13-14-29(22,26)2/h4-8,16-17,19,22-24,26,30H,9-15,18H2,1-3H3/t19?,22-,23+,24-,26+,29-/m1/s1. The van der Waals surface area contributed by atoms with Gasteiger partial charge in [0.1, 0.15) is 6.61 Å². The average molecular weight is 435 g/mol. The van der Waals surface area contributed by atoms with Crippen molar-refractivity contribution in [1.29, 1.82) is 0 Å². The second-order valence-electron chi connectivity index (χ2n) is 10.8. The summed E-state index contributed by atoms with van der Waals surface area (Å²) >= 11 is 0. The van der Waals surface area contributed by atoms with Gasteiger partial charge < -0.3 is 14.6 Å². The van der Waals surface area contributed by atoms with Gasteiger partial charge in [0, 0.05) is 0 Å². The molecule has 0 bridgehead atoms. The molecule has 2 aromatic carbocycles. The van der Waals surface area contributed by atoms with Crippen LogP contribution in [0.25, 0.3) is 0 Å². The van der Waals surface area contributed by atoms with Crippen LogP contribution in [-0.4, -0.2) is 18.3 Å². The number of hydrogen-bond donors (Lipinski definition) is 1. The molecule has 1 unspecified atom stereocenters. The summed E-state index contributed by atoms with van der Waals surface area (Å²) in [5.41, 5.74) is 4.54. The first-order valence-corrected chi connectivity index (χ1v) is 12.5. The molecule has 1 N–H and O–H groups in total. The quantitative estimate of drug-likeness (QED) is 0.563. The van der Waals surface area contributed by atoms with Crippen LogP contribution in [0.2, 0.25) is 0 Å². The number of aliphatic hydroxyl groups excluding tert-OH is 1. The van der Waals surface area contributed by atoms with Gasteiger partial charge in [-0.2, -0.15) is 0 Å². The third-order valence-electron chi connectivity index (χ3n) is 9.07. The molecule has 6 atom stereocenters. The van der Waals surface area contributed by atoms with Gasteiger partial charge in [0.05, 0.1) is 13.2 Å². The van der Waals surface area contributed by atoms with Crippen molar-refractivity contribution < 1.29 is 14.6 Å². The van der Waals surface area contributed by atoms with E-state index in [1.165, 1.54) is 48.8 Å². The lowest BCUT2D eigenvalue weighted by Gasteiger charge is -2.51. The van der Waals surface area contributed by atoms with Gasteiger partial charge >= 0.3 is 0 Å². The van der Waals surface area contributed by atoms with E-state index < -0.39 is 0 Å². The molecule has 0 aromatic heterocycles. The monoisotopic (exact) mass is 434 g/mol. The smallest absolute Gasteiger partial charge is 0.161 e. The number of methoxy groups -OCH3 is 1. The van der Waals surface area contributed by atoms with Crippen molar-refractivity contribution in [3.8, 4) is 11.5 Å². The van der Waals surface area contributed by atoms with Crippen molar-refractivity contribution in [3.63, 3.8) is 0 Å². The molecule has 5 rings (SSSR count). The number of fused-ring (bicyclic) bond motifs is 5. The largest absolute Gasteiger partial charge is 0.493 e. The van der Waals surface area contributed by atoms with Crippen LogP contribution in [0.3, 0.4) is 0 Å². The maximum absolute atomic E-state index is 10.1. The molecular weight excluding hydrogens is 396 g/mol. The summed E-state index contributed by atoms with van der Waals surface area (Å²) in [5.74, 6) is 4.61. The highest BCUT2D eigenvalue weighted by molar-refractivity contribution is 5.50. The Bertz CT molecular complexity index is 937. The minimum Gasteiger partial charge on any atom is -0.493 e. The molecule has 0 amide bonds. The fourth-order valence-electron chi connectivity index (χ4n) is 7.49. The minimum atomic E-state index is -0.182. The second-order valence-corrected chi connectivity index (χ2v) is 10.8. The SMILES string of the molecule is COc1cc2c(cc1OCc1ccccc1)CC[C@@H]1[C@@H]2CC[C@]2(C)[C@@H](CC(C)O)CC[C@@H]12. The fourth-order valence-corrected chi connectivity index (χ4v) is 7.49. The van der Waals surface area contributed by atoms with E-state index in [4.69, 9.17) is 9.47 Å². The van der Waals surface area contributed by atoms with Crippen LogP contribution in [0, 0.1) is 23.2 Å². The fraction of sp³-hybridized carbons (Fsp3) is 0.586. The van der Waals surface area contributed by atoms with Crippen molar-refractivity contribution in [2.75, 3.05) is 7.11 Å². The predicted molar refractivity (Wildman–Crippen MR) is 128 cm³/mol. The number of aryl methyl sites for hydroxylation is 1. The predicted octanol–water partition coefficient (Wildman–Crippen LogP) is 6.52. The minimum absolute atomic E-state index is 0.182. The van der Waals surface area contributed by atoms with Crippen LogP contribution in [0.1, 0.15) is 75.0 Å². The third-order valence-corrected chi connectivity index (χ3v) is 9.07. The summed E-state index contributed by atoms with van der Waals surface area (Å²) < 4.78 is 12.0. The Balaban J connectivity index is 1.38. The number of hydrogen-bond acceptors (Lipinski definition) is 3. The van der Waals surface area contributed by atoms with Crippen molar-refractivity contribution >= 4 is 0 Å². The van der Waals surface area contributed by atoms with E-state index in [2.05, 4.69) is 43.3 Å². The highest BCUT2D eigenvalue weighted by Crippen LogP contribution is 2.64. The Hall–Kier alpha value is -2.00. The zero-order chi connectivity index (χ0) is 22.3. The molecule has 2 fully saturated rings. The maximum atomic E-state index is 10.1. The van der Waals surface area contributed by atoms with Gasteiger partial charge in [-0.25, -0.2) is 0 Å². The molecule has 3 heteroatoms. The van der Waals surface area contributed by atoms with Gasteiger partial charge in [-0.05, 0) is 110 Å². The van der Waals surface area contributed by atoms with Gasteiger partial charge in [-0.3, -0.25) is 0 Å². The molecule has 0 saturated heterocycles. The van der Waals surface area contributed by atoms with Gasteiger partial charge in [0.15, 0.2) is 11.5 Å². The van der Waals surface area contributed by atoms with Crippen molar-refractivity contribution in [2.24, 2.45) is 23.2 Å². The summed E-state index contributed by atoms with van der Waals surface area (Å²) in [6.07, 6.45) is 8.37. The lowest BCUT2D eigenvalue weighted by atomic mass is 9.54. The van der Waals surface area contributed by atoms with Gasteiger partial charge in [-0.15, -0.1) is 0 Å². The number of ether oxygens (including phenoxy) is 2. The molecule has 2 saturated carbocycles. The van der Waals surface area contributed by atoms with Crippen molar-refractivity contribution in [2.45, 2.75) is 77.4 Å². The molecule has 32 heavy (non-hydrogen) atoms. The van der Waals surface area contributed by atoms with E-state index in [1.807, 2.05) is 13.0 Å². The highest BCUT2D eigenvalue weighted by atomic mass is 16.5. The van der Waals surface area contributed by atoms with E-state index in [0.29, 0.717) is 23.9 Å². The van der Waals surface area contributed by atoms with E-state index in [1.54, 1.807) is 7.11 Å². The Morgan fingerprint density at radius 3 is 2.62 bits per heavy atom. The van der Waals surface area contributed by atoms with E-state index >= 15 is 0 Å². The van der Waals surface area contributed by atoms with E-state index in [9.17, 15) is 5.11 Å². The summed E-state index contributed by atoms with van der Waals surface area (Å²) in [4.78, 5) is 0. The molecule has 172 valence electrons. The van der Waals surface area contributed by atoms with Crippen LogP contribution >= 0.6 is 0 Å². The summed E-state index contributed by atoms with van der Waals surface area (Å²) in [6.45, 7) is 5.06. The average Bonchev–Trinajstić information content (AvgIpc) is 3.13. The molecule has 2 aromatic rings. The third kappa shape index (κ3) is 3.83. The molecule has 3 aliphatic rings. The summed E-state index contributed by atoms with van der Waals surface area (Å²) in [7, 11) is 1.76. The highest BCUT2D eigenvalue weighted by Gasteiger charge is 2.54. The molecule has 0 aliphatic heterocycles. The maximum Gasteiger partial charge on any atom is 0.161 e.